The Bertz CT molecular complexity index is 563. The van der Waals surface area contributed by atoms with Crippen molar-refractivity contribution in [2.75, 3.05) is 6.54 Å². The number of nitrogens with one attached hydrogen (secondary N) is 1. The molecule has 1 aliphatic carbocycles. The smallest absolute Gasteiger partial charge is 0.224 e. The molecule has 1 aliphatic rings. The Morgan fingerprint density at radius 1 is 1.41 bits per heavy atom. The number of nitrogens with zero attached hydrogens (tertiary/aromatic N) is 1. The number of hydrogen-bond acceptors (Lipinski definition) is 2. The van der Waals surface area contributed by atoms with Crippen molar-refractivity contribution in [3.05, 3.63) is 40.2 Å². The molecule has 0 aliphatic heterocycles. The molecule has 3 nitrogen and oxygen atoms in total. The monoisotopic (exact) mass is 340 g/mol. The topological polar surface area (TPSA) is 42.0 Å². The summed E-state index contributed by atoms with van der Waals surface area (Å²) in [5.41, 5.74) is 2.14. The third-order valence-electron chi connectivity index (χ3n) is 4.38. The molecule has 5 heteroatoms. The summed E-state index contributed by atoms with van der Waals surface area (Å²) in [5, 5.41) is 3.00. The second-order valence-electron chi connectivity index (χ2n) is 6.50. The van der Waals surface area contributed by atoms with E-state index in [1.807, 2.05) is 19.2 Å². The Hall–Kier alpha value is -1.06. The fourth-order valence-corrected chi connectivity index (χ4v) is 3.13. The van der Waals surface area contributed by atoms with Gasteiger partial charge in [-0.15, -0.1) is 0 Å². The molecular formula is C17H22Cl2N2O. The predicted octanol–water partition coefficient (Wildman–Crippen LogP) is 4.03. The van der Waals surface area contributed by atoms with Crippen LogP contribution in [0.2, 0.25) is 0 Å². The van der Waals surface area contributed by atoms with Crippen LogP contribution in [0.3, 0.4) is 0 Å². The molecule has 22 heavy (non-hydrogen) atoms. The van der Waals surface area contributed by atoms with Crippen LogP contribution in [0, 0.1) is 24.2 Å². The van der Waals surface area contributed by atoms with Gasteiger partial charge in [-0.2, -0.15) is 0 Å². The first-order chi connectivity index (χ1) is 10.3. The van der Waals surface area contributed by atoms with Crippen molar-refractivity contribution in [2.24, 2.45) is 17.3 Å². The minimum absolute atomic E-state index is 0.0440. The van der Waals surface area contributed by atoms with Gasteiger partial charge in [-0.1, -0.05) is 43.1 Å². The Balaban J connectivity index is 1.75. The average molecular weight is 341 g/mol. The number of halogens is 2. The molecule has 1 aromatic rings. The highest BCUT2D eigenvalue weighted by Crippen LogP contribution is 2.59. The quantitative estimate of drug-likeness (QED) is 0.794. The van der Waals surface area contributed by atoms with Gasteiger partial charge < -0.3 is 5.32 Å². The number of hydrogen-bond donors (Lipinski definition) is 1. The van der Waals surface area contributed by atoms with Crippen LogP contribution >= 0.6 is 23.2 Å². The standard InChI is InChI=1S/C17H22Cl2N2O/c1-11-6-7-12(21-10-11)5-4-8-20-16(22)15-13(9-14(18)19)17(15,2)3/h6-7,9-10,13,15H,4-5,8H2,1-3H3,(H,20,22). The molecule has 1 amide bonds. The molecule has 1 aromatic heterocycles. The van der Waals surface area contributed by atoms with E-state index in [-0.39, 0.29) is 27.6 Å². The summed E-state index contributed by atoms with van der Waals surface area (Å²) < 4.78 is 0.235. The Kier molecular flexibility index (Phi) is 5.51. The number of carbonyl (C=O) groups excluding carboxylic acids is 1. The lowest BCUT2D eigenvalue weighted by Crippen LogP contribution is -2.28. The molecule has 0 saturated heterocycles. The van der Waals surface area contributed by atoms with Crippen molar-refractivity contribution in [2.45, 2.75) is 33.6 Å². The van der Waals surface area contributed by atoms with E-state index in [4.69, 9.17) is 23.2 Å². The summed E-state index contributed by atoms with van der Waals surface area (Å²) in [6.45, 7) is 6.80. The van der Waals surface area contributed by atoms with Crippen molar-refractivity contribution < 1.29 is 4.79 Å². The van der Waals surface area contributed by atoms with Gasteiger partial charge in [-0.05, 0) is 48.8 Å². The van der Waals surface area contributed by atoms with Crippen molar-refractivity contribution >= 4 is 29.1 Å². The molecule has 2 atom stereocenters. The first kappa shape index (κ1) is 17.3. The van der Waals surface area contributed by atoms with Crippen molar-refractivity contribution in [3.63, 3.8) is 0 Å². The van der Waals surface area contributed by atoms with Crippen molar-refractivity contribution in [1.29, 1.82) is 0 Å². The fourth-order valence-electron chi connectivity index (χ4n) is 2.86. The summed E-state index contributed by atoms with van der Waals surface area (Å²) in [7, 11) is 0. The lowest BCUT2D eigenvalue weighted by Gasteiger charge is -2.06. The number of amides is 1. The van der Waals surface area contributed by atoms with Crippen LogP contribution < -0.4 is 5.32 Å². The summed E-state index contributed by atoms with van der Waals surface area (Å²) in [5.74, 6) is 0.159. The van der Waals surface area contributed by atoms with E-state index >= 15 is 0 Å². The molecule has 120 valence electrons. The van der Waals surface area contributed by atoms with E-state index in [1.54, 1.807) is 6.08 Å². The largest absolute Gasteiger partial charge is 0.356 e. The molecule has 0 spiro atoms. The zero-order chi connectivity index (χ0) is 16.3. The van der Waals surface area contributed by atoms with Crippen LogP contribution in [0.15, 0.2) is 28.9 Å². The molecule has 1 N–H and O–H groups in total. The van der Waals surface area contributed by atoms with Crippen LogP contribution in [-0.4, -0.2) is 17.4 Å². The summed E-state index contributed by atoms with van der Waals surface area (Å²) in [6, 6.07) is 4.09. The van der Waals surface area contributed by atoms with Crippen molar-refractivity contribution in [3.8, 4) is 0 Å². The molecule has 0 radical (unpaired) electrons. The molecule has 0 aromatic carbocycles. The van der Waals surface area contributed by atoms with Gasteiger partial charge in [0.15, 0.2) is 0 Å². The van der Waals surface area contributed by atoms with Gasteiger partial charge in [0.05, 0.1) is 5.92 Å². The Labute approximate surface area is 142 Å². The highest BCUT2D eigenvalue weighted by Gasteiger charge is 2.60. The van der Waals surface area contributed by atoms with E-state index < -0.39 is 0 Å². The highest BCUT2D eigenvalue weighted by molar-refractivity contribution is 6.55. The zero-order valence-corrected chi connectivity index (χ0v) is 14.7. The van der Waals surface area contributed by atoms with Gasteiger partial charge in [0, 0.05) is 18.4 Å². The maximum Gasteiger partial charge on any atom is 0.224 e. The molecule has 1 fully saturated rings. The summed E-state index contributed by atoms with van der Waals surface area (Å²) in [6.07, 6.45) is 5.38. The van der Waals surface area contributed by atoms with Gasteiger partial charge in [0.1, 0.15) is 4.49 Å². The third kappa shape index (κ3) is 4.23. The van der Waals surface area contributed by atoms with Crippen LogP contribution in [0.25, 0.3) is 0 Å². The second kappa shape index (κ2) is 7.01. The number of allylic oxidation sites excluding steroid dienone is 1. The molecule has 2 rings (SSSR count). The Morgan fingerprint density at radius 3 is 2.73 bits per heavy atom. The van der Waals surface area contributed by atoms with Crippen LogP contribution in [0.1, 0.15) is 31.5 Å². The van der Waals surface area contributed by atoms with Crippen molar-refractivity contribution in [1.82, 2.24) is 10.3 Å². The average Bonchev–Trinajstić information content (AvgIpc) is 2.97. The van der Waals surface area contributed by atoms with Gasteiger partial charge >= 0.3 is 0 Å². The normalized spacial score (nSPS) is 22.0. The SMILES string of the molecule is Cc1ccc(CCCNC(=O)C2C(C=C(Cl)Cl)C2(C)C)nc1. The lowest BCUT2D eigenvalue weighted by atomic mass is 10.1. The summed E-state index contributed by atoms with van der Waals surface area (Å²) in [4.78, 5) is 16.6. The lowest BCUT2D eigenvalue weighted by molar-refractivity contribution is -0.123. The van der Waals surface area contributed by atoms with Gasteiger partial charge in [-0.3, -0.25) is 9.78 Å². The van der Waals surface area contributed by atoms with Gasteiger partial charge in [-0.25, -0.2) is 0 Å². The predicted molar refractivity (Wildman–Crippen MR) is 90.9 cm³/mol. The first-order valence-electron chi connectivity index (χ1n) is 7.54. The number of rotatable bonds is 6. The van der Waals surface area contributed by atoms with E-state index in [2.05, 4.69) is 30.2 Å². The number of carbonyl (C=O) groups is 1. The van der Waals surface area contributed by atoms with E-state index in [1.165, 1.54) is 0 Å². The first-order valence-corrected chi connectivity index (χ1v) is 8.30. The van der Waals surface area contributed by atoms with Crippen LogP contribution in [-0.2, 0) is 11.2 Å². The number of aromatic nitrogens is 1. The van der Waals surface area contributed by atoms with E-state index in [0.717, 1.165) is 24.1 Å². The maximum atomic E-state index is 12.2. The third-order valence-corrected chi connectivity index (χ3v) is 4.63. The van der Waals surface area contributed by atoms with E-state index in [0.29, 0.717) is 6.54 Å². The molecule has 1 heterocycles. The van der Waals surface area contributed by atoms with E-state index in [9.17, 15) is 4.79 Å². The fraction of sp³-hybridized carbons (Fsp3) is 0.529. The minimum Gasteiger partial charge on any atom is -0.356 e. The van der Waals surface area contributed by atoms with Gasteiger partial charge in [0.2, 0.25) is 5.91 Å². The molecule has 0 bridgehead atoms. The summed E-state index contributed by atoms with van der Waals surface area (Å²) >= 11 is 11.4. The highest BCUT2D eigenvalue weighted by atomic mass is 35.5. The maximum absolute atomic E-state index is 12.2. The second-order valence-corrected chi connectivity index (χ2v) is 7.51. The van der Waals surface area contributed by atoms with Gasteiger partial charge in [0.25, 0.3) is 0 Å². The van der Waals surface area contributed by atoms with Crippen LogP contribution in [0.5, 0.6) is 0 Å². The molecule has 2 unspecified atom stereocenters. The Morgan fingerprint density at radius 2 is 2.14 bits per heavy atom. The zero-order valence-electron chi connectivity index (χ0n) is 13.2. The number of pyridine rings is 1. The minimum atomic E-state index is -0.0718. The molecular weight excluding hydrogens is 319 g/mol. The van der Waals surface area contributed by atoms with Crippen LogP contribution in [0.4, 0.5) is 0 Å². The number of aryl methyl sites for hydroxylation is 2. The molecule has 1 saturated carbocycles.